The SMILES string of the molecule is CC(C)CCN(C)c1ccc([C@H](C)O)cc1. The van der Waals surface area contributed by atoms with Crippen molar-refractivity contribution in [1.29, 1.82) is 0 Å². The minimum absolute atomic E-state index is 0.380. The Hall–Kier alpha value is -1.02. The van der Waals surface area contributed by atoms with E-state index in [9.17, 15) is 5.11 Å². The molecule has 1 aromatic carbocycles. The lowest BCUT2D eigenvalue weighted by Crippen LogP contribution is -2.19. The summed E-state index contributed by atoms with van der Waals surface area (Å²) in [6.45, 7) is 7.35. The molecule has 0 bridgehead atoms. The predicted molar refractivity (Wildman–Crippen MR) is 69.8 cm³/mol. The molecule has 0 saturated carbocycles. The number of nitrogens with zero attached hydrogens (tertiary/aromatic N) is 1. The van der Waals surface area contributed by atoms with Gasteiger partial charge in [-0.15, -0.1) is 0 Å². The zero-order valence-electron chi connectivity index (χ0n) is 10.8. The molecule has 1 aromatic rings. The van der Waals surface area contributed by atoms with Gasteiger partial charge in [-0.1, -0.05) is 26.0 Å². The summed E-state index contributed by atoms with van der Waals surface area (Å²) >= 11 is 0. The first-order valence-corrected chi connectivity index (χ1v) is 6.00. The normalized spacial score (nSPS) is 12.9. The van der Waals surface area contributed by atoms with Gasteiger partial charge >= 0.3 is 0 Å². The van der Waals surface area contributed by atoms with Crippen molar-refractivity contribution in [2.75, 3.05) is 18.5 Å². The van der Waals surface area contributed by atoms with Gasteiger partial charge in [-0.05, 0) is 37.0 Å². The van der Waals surface area contributed by atoms with E-state index in [1.165, 1.54) is 12.1 Å². The van der Waals surface area contributed by atoms with Gasteiger partial charge in [0.2, 0.25) is 0 Å². The maximum atomic E-state index is 9.42. The Morgan fingerprint density at radius 1 is 1.12 bits per heavy atom. The molecule has 0 amide bonds. The van der Waals surface area contributed by atoms with Crippen LogP contribution >= 0.6 is 0 Å². The minimum atomic E-state index is -0.380. The molecule has 2 heteroatoms. The molecule has 1 N–H and O–H groups in total. The van der Waals surface area contributed by atoms with E-state index in [4.69, 9.17) is 0 Å². The summed E-state index contributed by atoms with van der Waals surface area (Å²) in [5.74, 6) is 0.735. The Balaban J connectivity index is 2.59. The lowest BCUT2D eigenvalue weighted by molar-refractivity contribution is 0.199. The third-order valence-electron chi connectivity index (χ3n) is 2.86. The van der Waals surface area contributed by atoms with Gasteiger partial charge in [0.1, 0.15) is 0 Å². The summed E-state index contributed by atoms with van der Waals surface area (Å²) in [6.07, 6.45) is 0.823. The van der Waals surface area contributed by atoms with E-state index in [1.54, 1.807) is 6.92 Å². The van der Waals surface area contributed by atoms with E-state index in [-0.39, 0.29) is 6.10 Å². The van der Waals surface area contributed by atoms with Gasteiger partial charge in [0, 0.05) is 19.3 Å². The molecule has 2 nitrogen and oxygen atoms in total. The monoisotopic (exact) mass is 221 g/mol. The summed E-state index contributed by atoms with van der Waals surface area (Å²) in [4.78, 5) is 2.26. The fraction of sp³-hybridized carbons (Fsp3) is 0.571. The van der Waals surface area contributed by atoms with E-state index < -0.39 is 0 Å². The van der Waals surface area contributed by atoms with Crippen LogP contribution in [0.5, 0.6) is 0 Å². The highest BCUT2D eigenvalue weighted by atomic mass is 16.3. The first-order valence-electron chi connectivity index (χ1n) is 6.00. The van der Waals surface area contributed by atoms with E-state index >= 15 is 0 Å². The molecular formula is C14H23NO. The molecule has 0 heterocycles. The molecule has 0 fully saturated rings. The van der Waals surface area contributed by atoms with Crippen molar-refractivity contribution < 1.29 is 5.11 Å². The molecule has 90 valence electrons. The number of aliphatic hydroxyl groups is 1. The molecule has 0 saturated heterocycles. The van der Waals surface area contributed by atoms with Crippen molar-refractivity contribution in [3.63, 3.8) is 0 Å². The molecule has 0 aliphatic carbocycles. The number of benzene rings is 1. The van der Waals surface area contributed by atoms with Crippen LogP contribution in [0.15, 0.2) is 24.3 Å². The van der Waals surface area contributed by atoms with Crippen molar-refractivity contribution in [2.24, 2.45) is 5.92 Å². The number of hydrogen-bond acceptors (Lipinski definition) is 2. The summed E-state index contributed by atoms with van der Waals surface area (Å²) < 4.78 is 0. The number of hydrogen-bond donors (Lipinski definition) is 1. The summed E-state index contributed by atoms with van der Waals surface area (Å²) in [5, 5.41) is 9.42. The zero-order valence-corrected chi connectivity index (χ0v) is 10.8. The van der Waals surface area contributed by atoms with Crippen LogP contribution in [0.4, 0.5) is 5.69 Å². The van der Waals surface area contributed by atoms with E-state index in [2.05, 4.69) is 37.9 Å². The molecule has 1 atom stereocenters. The Morgan fingerprint density at radius 3 is 2.12 bits per heavy atom. The van der Waals surface area contributed by atoms with Gasteiger partial charge in [0.15, 0.2) is 0 Å². The van der Waals surface area contributed by atoms with Gasteiger partial charge in [0.25, 0.3) is 0 Å². The Morgan fingerprint density at radius 2 is 1.69 bits per heavy atom. The molecule has 16 heavy (non-hydrogen) atoms. The molecular weight excluding hydrogens is 198 g/mol. The van der Waals surface area contributed by atoms with Crippen molar-refractivity contribution in [1.82, 2.24) is 0 Å². The van der Waals surface area contributed by atoms with E-state index in [0.717, 1.165) is 18.0 Å². The third kappa shape index (κ3) is 3.86. The van der Waals surface area contributed by atoms with Gasteiger partial charge in [-0.3, -0.25) is 0 Å². The first kappa shape index (κ1) is 13.0. The summed E-state index contributed by atoms with van der Waals surface area (Å²) in [5.41, 5.74) is 2.19. The fourth-order valence-electron chi connectivity index (χ4n) is 1.59. The fourth-order valence-corrected chi connectivity index (χ4v) is 1.59. The second-order valence-electron chi connectivity index (χ2n) is 4.87. The minimum Gasteiger partial charge on any atom is -0.389 e. The maximum Gasteiger partial charge on any atom is 0.0761 e. The zero-order chi connectivity index (χ0) is 12.1. The van der Waals surface area contributed by atoms with Gasteiger partial charge < -0.3 is 10.0 Å². The quantitative estimate of drug-likeness (QED) is 0.825. The summed E-state index contributed by atoms with van der Waals surface area (Å²) in [6, 6.07) is 8.13. The topological polar surface area (TPSA) is 23.5 Å². The summed E-state index contributed by atoms with van der Waals surface area (Å²) in [7, 11) is 2.11. The number of aliphatic hydroxyl groups excluding tert-OH is 1. The van der Waals surface area contributed by atoms with Gasteiger partial charge in [-0.2, -0.15) is 0 Å². The molecule has 0 radical (unpaired) electrons. The van der Waals surface area contributed by atoms with Crippen LogP contribution in [0.1, 0.15) is 38.9 Å². The second-order valence-corrected chi connectivity index (χ2v) is 4.87. The van der Waals surface area contributed by atoms with Crippen LogP contribution in [0, 0.1) is 5.92 Å². The predicted octanol–water partition coefficient (Wildman–Crippen LogP) is 3.22. The van der Waals surface area contributed by atoms with E-state index in [1.807, 2.05) is 12.1 Å². The first-order chi connectivity index (χ1) is 7.50. The van der Waals surface area contributed by atoms with Crippen LogP contribution in [0.2, 0.25) is 0 Å². The van der Waals surface area contributed by atoms with E-state index in [0.29, 0.717) is 0 Å². The molecule has 0 spiro atoms. The van der Waals surface area contributed by atoms with Gasteiger partial charge in [-0.25, -0.2) is 0 Å². The average molecular weight is 221 g/mol. The molecule has 0 aliphatic rings. The Labute approximate surface area is 98.9 Å². The van der Waals surface area contributed by atoms with Crippen LogP contribution in [-0.2, 0) is 0 Å². The molecule has 0 aromatic heterocycles. The highest BCUT2D eigenvalue weighted by Crippen LogP contribution is 2.18. The molecule has 1 rings (SSSR count). The lowest BCUT2D eigenvalue weighted by Gasteiger charge is -2.20. The third-order valence-corrected chi connectivity index (χ3v) is 2.86. The van der Waals surface area contributed by atoms with Crippen LogP contribution in [-0.4, -0.2) is 18.7 Å². The van der Waals surface area contributed by atoms with Crippen LogP contribution in [0.25, 0.3) is 0 Å². The molecule has 0 aliphatic heterocycles. The van der Waals surface area contributed by atoms with Crippen molar-refractivity contribution in [3.8, 4) is 0 Å². The second kappa shape index (κ2) is 5.90. The van der Waals surface area contributed by atoms with Crippen LogP contribution < -0.4 is 4.90 Å². The van der Waals surface area contributed by atoms with Crippen molar-refractivity contribution in [3.05, 3.63) is 29.8 Å². The standard InChI is InChI=1S/C14H23NO/c1-11(2)9-10-15(4)14-7-5-13(6-8-14)12(3)16/h5-8,11-12,16H,9-10H2,1-4H3/t12-/m0/s1. The van der Waals surface area contributed by atoms with Crippen molar-refractivity contribution >= 4 is 5.69 Å². The van der Waals surface area contributed by atoms with Crippen molar-refractivity contribution in [2.45, 2.75) is 33.3 Å². The molecule has 0 unspecified atom stereocenters. The van der Waals surface area contributed by atoms with Gasteiger partial charge in [0.05, 0.1) is 6.10 Å². The number of rotatable bonds is 5. The average Bonchev–Trinajstić information content (AvgIpc) is 2.26. The Bertz CT molecular complexity index is 303. The lowest BCUT2D eigenvalue weighted by atomic mass is 10.1. The maximum absolute atomic E-state index is 9.42. The van der Waals surface area contributed by atoms with Crippen LogP contribution in [0.3, 0.4) is 0 Å². The Kier molecular flexibility index (Phi) is 4.81. The largest absolute Gasteiger partial charge is 0.389 e. The smallest absolute Gasteiger partial charge is 0.0761 e. The highest BCUT2D eigenvalue weighted by molar-refractivity contribution is 5.47. The highest BCUT2D eigenvalue weighted by Gasteiger charge is 2.04. The number of anilines is 1.